The summed E-state index contributed by atoms with van der Waals surface area (Å²) in [5.74, 6) is 1.51. The topological polar surface area (TPSA) is 64.4 Å². The quantitative estimate of drug-likeness (QED) is 0.697. The lowest BCUT2D eigenvalue weighted by molar-refractivity contribution is 0.102. The van der Waals surface area contributed by atoms with Crippen molar-refractivity contribution in [2.45, 2.75) is 18.9 Å². The Labute approximate surface area is 127 Å². The Morgan fingerprint density at radius 1 is 1.57 bits per heavy atom. The standard InChI is InChI=1S/C14H16N4O2S/c1-19-11-5-2-4-10(8-11)9-15-18-13(16-17-14(18)21)12-6-3-7-20-12/h2,4-5,8-9,12H,3,6-7H2,1H3,(H,17,21)/b15-9-. The molecule has 110 valence electrons. The molecule has 0 bridgehead atoms. The molecule has 1 saturated heterocycles. The van der Waals surface area contributed by atoms with E-state index in [4.69, 9.17) is 21.7 Å². The molecule has 2 aromatic rings. The highest BCUT2D eigenvalue weighted by molar-refractivity contribution is 7.71. The molecule has 7 heteroatoms. The highest BCUT2D eigenvalue weighted by Crippen LogP contribution is 2.26. The van der Waals surface area contributed by atoms with E-state index < -0.39 is 0 Å². The van der Waals surface area contributed by atoms with Crippen molar-refractivity contribution < 1.29 is 9.47 Å². The van der Waals surface area contributed by atoms with Crippen LogP contribution in [0.5, 0.6) is 5.75 Å². The molecule has 1 fully saturated rings. The van der Waals surface area contributed by atoms with E-state index in [0.29, 0.717) is 4.77 Å². The second-order valence-corrected chi connectivity index (χ2v) is 5.11. The number of hydrogen-bond acceptors (Lipinski definition) is 5. The monoisotopic (exact) mass is 304 g/mol. The van der Waals surface area contributed by atoms with Crippen LogP contribution < -0.4 is 4.74 Å². The fourth-order valence-corrected chi connectivity index (χ4v) is 2.44. The van der Waals surface area contributed by atoms with Gasteiger partial charge in [0, 0.05) is 6.61 Å². The molecular weight excluding hydrogens is 288 g/mol. The van der Waals surface area contributed by atoms with Crippen molar-refractivity contribution in [3.63, 3.8) is 0 Å². The third kappa shape index (κ3) is 3.03. The van der Waals surface area contributed by atoms with Crippen molar-refractivity contribution in [2.75, 3.05) is 13.7 Å². The van der Waals surface area contributed by atoms with Crippen molar-refractivity contribution in [3.8, 4) is 5.75 Å². The Morgan fingerprint density at radius 2 is 2.48 bits per heavy atom. The van der Waals surface area contributed by atoms with Gasteiger partial charge in [0.05, 0.1) is 13.3 Å². The summed E-state index contributed by atoms with van der Waals surface area (Å²) in [6.45, 7) is 0.754. The zero-order valence-corrected chi connectivity index (χ0v) is 12.5. The van der Waals surface area contributed by atoms with Crippen molar-refractivity contribution in [2.24, 2.45) is 5.10 Å². The maximum Gasteiger partial charge on any atom is 0.216 e. The van der Waals surface area contributed by atoms with Gasteiger partial charge in [-0.1, -0.05) is 12.1 Å². The maximum atomic E-state index is 5.64. The van der Waals surface area contributed by atoms with E-state index in [1.54, 1.807) is 18.0 Å². The van der Waals surface area contributed by atoms with Gasteiger partial charge in [-0.2, -0.15) is 14.9 Å². The van der Waals surface area contributed by atoms with Crippen LogP contribution in [0, 0.1) is 4.77 Å². The summed E-state index contributed by atoms with van der Waals surface area (Å²) in [5, 5.41) is 11.4. The Morgan fingerprint density at radius 3 is 3.24 bits per heavy atom. The number of benzene rings is 1. The van der Waals surface area contributed by atoms with Gasteiger partial charge in [0.1, 0.15) is 11.9 Å². The van der Waals surface area contributed by atoms with Crippen molar-refractivity contribution in [1.29, 1.82) is 0 Å². The van der Waals surface area contributed by atoms with Gasteiger partial charge in [0.25, 0.3) is 0 Å². The molecule has 2 heterocycles. The van der Waals surface area contributed by atoms with Crippen LogP contribution in [0.2, 0.25) is 0 Å². The molecule has 6 nitrogen and oxygen atoms in total. The fourth-order valence-electron chi connectivity index (χ4n) is 2.25. The fraction of sp³-hybridized carbons (Fsp3) is 0.357. The van der Waals surface area contributed by atoms with E-state index in [2.05, 4.69) is 15.3 Å². The van der Waals surface area contributed by atoms with Gasteiger partial charge >= 0.3 is 0 Å². The summed E-state index contributed by atoms with van der Waals surface area (Å²) >= 11 is 5.22. The number of methoxy groups -OCH3 is 1. The van der Waals surface area contributed by atoms with E-state index in [0.717, 1.165) is 36.6 Å². The van der Waals surface area contributed by atoms with E-state index in [1.165, 1.54) is 0 Å². The molecule has 1 atom stereocenters. The smallest absolute Gasteiger partial charge is 0.216 e. The Kier molecular flexibility index (Phi) is 4.12. The summed E-state index contributed by atoms with van der Waals surface area (Å²) < 4.78 is 12.9. The number of H-pyrrole nitrogens is 1. The number of hydrogen-bond donors (Lipinski definition) is 1. The zero-order chi connectivity index (χ0) is 14.7. The number of rotatable bonds is 4. The molecular formula is C14H16N4O2S. The average molecular weight is 304 g/mol. The Bertz CT molecular complexity index is 701. The predicted molar refractivity (Wildman–Crippen MR) is 81.3 cm³/mol. The van der Waals surface area contributed by atoms with E-state index in [1.807, 2.05) is 24.3 Å². The molecule has 0 radical (unpaired) electrons. The van der Waals surface area contributed by atoms with Crippen LogP contribution >= 0.6 is 12.2 Å². The molecule has 0 spiro atoms. The number of nitrogens with zero attached hydrogens (tertiary/aromatic N) is 3. The van der Waals surface area contributed by atoms with E-state index >= 15 is 0 Å². The summed E-state index contributed by atoms with van der Waals surface area (Å²) in [5.41, 5.74) is 0.927. The Balaban J connectivity index is 1.88. The normalized spacial score (nSPS) is 18.4. The van der Waals surface area contributed by atoms with Crippen molar-refractivity contribution >= 4 is 18.4 Å². The van der Waals surface area contributed by atoms with E-state index in [9.17, 15) is 0 Å². The van der Waals surface area contributed by atoms with Gasteiger partial charge < -0.3 is 9.47 Å². The minimum atomic E-state index is -0.0413. The third-order valence-corrected chi connectivity index (χ3v) is 3.57. The first-order valence-electron chi connectivity index (χ1n) is 6.75. The van der Waals surface area contributed by atoms with Gasteiger partial charge in [-0.3, -0.25) is 5.10 Å². The number of ether oxygens (including phenoxy) is 2. The summed E-state index contributed by atoms with van der Waals surface area (Å²) in [6, 6.07) is 7.65. The number of aromatic amines is 1. The minimum Gasteiger partial charge on any atom is -0.497 e. The first kappa shape index (κ1) is 14.0. The number of aromatic nitrogens is 3. The molecule has 3 rings (SSSR count). The highest BCUT2D eigenvalue weighted by Gasteiger charge is 2.23. The number of nitrogens with one attached hydrogen (secondary N) is 1. The highest BCUT2D eigenvalue weighted by atomic mass is 32.1. The van der Waals surface area contributed by atoms with Gasteiger partial charge in [-0.25, -0.2) is 0 Å². The van der Waals surface area contributed by atoms with Crippen LogP contribution in [0.1, 0.15) is 30.3 Å². The first-order chi connectivity index (χ1) is 10.3. The molecule has 1 unspecified atom stereocenters. The van der Waals surface area contributed by atoms with Crippen molar-refractivity contribution in [3.05, 3.63) is 40.4 Å². The molecule has 1 aliphatic rings. The second kappa shape index (κ2) is 6.19. The maximum absolute atomic E-state index is 5.64. The second-order valence-electron chi connectivity index (χ2n) is 4.72. The van der Waals surface area contributed by atoms with Gasteiger partial charge in [-0.05, 0) is 42.8 Å². The van der Waals surface area contributed by atoms with Crippen LogP contribution in [0.15, 0.2) is 29.4 Å². The molecule has 0 saturated carbocycles. The lowest BCUT2D eigenvalue weighted by atomic mass is 10.2. The SMILES string of the molecule is COc1cccc(/C=N\n2c(C3CCCO3)n[nH]c2=S)c1. The van der Waals surface area contributed by atoms with Crippen LogP contribution in [0.3, 0.4) is 0 Å². The zero-order valence-electron chi connectivity index (χ0n) is 11.7. The summed E-state index contributed by atoms with van der Waals surface area (Å²) in [7, 11) is 1.64. The molecule has 0 aliphatic carbocycles. The lowest BCUT2D eigenvalue weighted by Gasteiger charge is -2.07. The predicted octanol–water partition coefficient (Wildman–Crippen LogP) is 2.68. The molecule has 1 aliphatic heterocycles. The largest absolute Gasteiger partial charge is 0.497 e. The average Bonchev–Trinajstić information content (AvgIpc) is 3.15. The molecule has 1 aromatic heterocycles. The van der Waals surface area contributed by atoms with Gasteiger partial charge in [0.15, 0.2) is 5.82 Å². The minimum absolute atomic E-state index is 0.0413. The lowest BCUT2D eigenvalue weighted by Crippen LogP contribution is -2.05. The van der Waals surface area contributed by atoms with Gasteiger partial charge in [0.2, 0.25) is 4.77 Å². The molecule has 21 heavy (non-hydrogen) atoms. The molecule has 1 N–H and O–H groups in total. The third-order valence-electron chi connectivity index (χ3n) is 3.31. The molecule has 1 aromatic carbocycles. The van der Waals surface area contributed by atoms with Crippen LogP contribution in [0.4, 0.5) is 0 Å². The van der Waals surface area contributed by atoms with Gasteiger partial charge in [-0.15, -0.1) is 0 Å². The van der Waals surface area contributed by atoms with Crippen LogP contribution in [-0.4, -0.2) is 34.8 Å². The summed E-state index contributed by atoms with van der Waals surface area (Å²) in [4.78, 5) is 0. The first-order valence-corrected chi connectivity index (χ1v) is 7.16. The van der Waals surface area contributed by atoms with E-state index in [-0.39, 0.29) is 6.10 Å². The summed E-state index contributed by atoms with van der Waals surface area (Å²) in [6.07, 6.45) is 3.66. The van der Waals surface area contributed by atoms with Crippen LogP contribution in [0.25, 0.3) is 0 Å². The van der Waals surface area contributed by atoms with Crippen molar-refractivity contribution in [1.82, 2.24) is 14.9 Å². The molecule has 0 amide bonds. The Hall–Kier alpha value is -1.99. The van der Waals surface area contributed by atoms with Crippen LogP contribution in [-0.2, 0) is 4.74 Å².